The largest absolute Gasteiger partial charge is 0.465 e. The quantitative estimate of drug-likeness (QED) is 0.657. The minimum Gasteiger partial charge on any atom is -0.465 e. The molecule has 0 bridgehead atoms. The van der Waals surface area contributed by atoms with Crippen LogP contribution in [0.4, 0.5) is 0 Å². The number of sulfonamides is 1. The summed E-state index contributed by atoms with van der Waals surface area (Å²) >= 11 is 0. The summed E-state index contributed by atoms with van der Waals surface area (Å²) in [5.74, 6) is -1.19. The van der Waals surface area contributed by atoms with Crippen LogP contribution in [0.3, 0.4) is 0 Å². The molecule has 0 aromatic carbocycles. The molecule has 0 aromatic rings. The molecule has 0 aliphatic carbocycles. The Morgan fingerprint density at radius 3 is 2.56 bits per heavy atom. The van der Waals surface area contributed by atoms with E-state index in [-0.39, 0.29) is 25.1 Å². The van der Waals surface area contributed by atoms with Crippen LogP contribution in [0.25, 0.3) is 0 Å². The van der Waals surface area contributed by atoms with E-state index in [0.717, 1.165) is 0 Å². The van der Waals surface area contributed by atoms with Crippen molar-refractivity contribution in [2.24, 2.45) is 11.7 Å². The number of nitrogens with zero attached hydrogens (tertiary/aromatic N) is 1. The Balaban J connectivity index is 2.62. The van der Waals surface area contributed by atoms with E-state index in [2.05, 4.69) is 4.74 Å². The van der Waals surface area contributed by atoms with Crippen molar-refractivity contribution in [1.82, 2.24) is 4.31 Å². The van der Waals surface area contributed by atoms with Crippen LogP contribution in [0.5, 0.6) is 0 Å². The molecule has 2 atom stereocenters. The molecule has 16 heavy (non-hydrogen) atoms. The van der Waals surface area contributed by atoms with Crippen molar-refractivity contribution in [3.63, 3.8) is 0 Å². The van der Waals surface area contributed by atoms with E-state index >= 15 is 0 Å². The summed E-state index contributed by atoms with van der Waals surface area (Å²) in [5, 5.41) is 0. The van der Waals surface area contributed by atoms with Crippen LogP contribution in [-0.4, -0.2) is 50.2 Å². The highest BCUT2D eigenvalue weighted by Gasteiger charge is 2.35. The average molecular weight is 250 g/mol. The lowest BCUT2D eigenvalue weighted by Gasteiger charge is -2.14. The maximum absolute atomic E-state index is 11.8. The summed E-state index contributed by atoms with van der Waals surface area (Å²) in [6.45, 7) is 4.37. The number of hydrogen-bond donors (Lipinski definition) is 1. The van der Waals surface area contributed by atoms with Crippen molar-refractivity contribution in [2.75, 3.05) is 25.4 Å². The van der Waals surface area contributed by atoms with Crippen LogP contribution in [-0.2, 0) is 19.6 Å². The Hall–Kier alpha value is -0.660. The second-order valence-corrected chi connectivity index (χ2v) is 5.99. The molecule has 1 rings (SSSR count). The molecule has 94 valence electrons. The van der Waals surface area contributed by atoms with E-state index in [1.165, 1.54) is 4.31 Å². The van der Waals surface area contributed by atoms with Crippen molar-refractivity contribution in [3.8, 4) is 0 Å². The Morgan fingerprint density at radius 1 is 1.50 bits per heavy atom. The van der Waals surface area contributed by atoms with Crippen molar-refractivity contribution < 1.29 is 17.9 Å². The third-order valence-corrected chi connectivity index (χ3v) is 4.32. The van der Waals surface area contributed by atoms with Crippen molar-refractivity contribution in [1.29, 1.82) is 0 Å². The van der Waals surface area contributed by atoms with E-state index < -0.39 is 21.7 Å². The molecule has 1 fully saturated rings. The fourth-order valence-electron chi connectivity index (χ4n) is 1.62. The monoisotopic (exact) mass is 250 g/mol. The molecule has 6 nitrogen and oxygen atoms in total. The molecule has 0 amide bonds. The molecule has 7 heteroatoms. The van der Waals surface area contributed by atoms with Crippen LogP contribution in [0, 0.1) is 5.92 Å². The average Bonchev–Trinajstić information content (AvgIpc) is 2.47. The van der Waals surface area contributed by atoms with Gasteiger partial charge in [-0.1, -0.05) is 6.92 Å². The van der Waals surface area contributed by atoms with Gasteiger partial charge in [-0.15, -0.1) is 0 Å². The fourth-order valence-corrected chi connectivity index (χ4v) is 3.04. The molecule has 0 radical (unpaired) electrons. The summed E-state index contributed by atoms with van der Waals surface area (Å²) in [4.78, 5) is 11.1. The van der Waals surface area contributed by atoms with Gasteiger partial charge in [0.2, 0.25) is 10.0 Å². The van der Waals surface area contributed by atoms with E-state index in [4.69, 9.17) is 5.73 Å². The molecular formula is C9H18N2O4S. The summed E-state index contributed by atoms with van der Waals surface area (Å²) < 4.78 is 29.4. The van der Waals surface area contributed by atoms with Crippen molar-refractivity contribution in [3.05, 3.63) is 0 Å². The van der Waals surface area contributed by atoms with Crippen LogP contribution in [0.2, 0.25) is 0 Å². The van der Waals surface area contributed by atoms with E-state index in [1.54, 1.807) is 6.92 Å². The number of esters is 1. The zero-order valence-corrected chi connectivity index (χ0v) is 10.4. The number of rotatable bonds is 4. The molecule has 1 saturated heterocycles. The van der Waals surface area contributed by atoms with Crippen LogP contribution in [0.1, 0.15) is 13.8 Å². The van der Waals surface area contributed by atoms with Gasteiger partial charge in [0, 0.05) is 19.1 Å². The zero-order chi connectivity index (χ0) is 12.3. The van der Waals surface area contributed by atoms with Gasteiger partial charge in [-0.25, -0.2) is 8.42 Å². The Bertz CT molecular complexity index is 345. The van der Waals surface area contributed by atoms with Crippen molar-refractivity contribution in [2.45, 2.75) is 19.9 Å². The van der Waals surface area contributed by atoms with Gasteiger partial charge in [-0.2, -0.15) is 4.31 Å². The number of carbonyl (C=O) groups excluding carboxylic acids is 1. The molecule has 0 spiro atoms. The predicted molar refractivity (Wildman–Crippen MR) is 59.1 cm³/mol. The lowest BCUT2D eigenvalue weighted by atomic mass is 10.1. The highest BCUT2D eigenvalue weighted by molar-refractivity contribution is 7.89. The maximum Gasteiger partial charge on any atom is 0.322 e. The third-order valence-electron chi connectivity index (χ3n) is 2.64. The number of ether oxygens (including phenoxy) is 1. The summed E-state index contributed by atoms with van der Waals surface area (Å²) in [5.41, 5.74) is 5.73. The fraction of sp³-hybridized carbons (Fsp3) is 0.889. The normalized spacial score (nSPS) is 26.9. The first-order chi connectivity index (χ1) is 7.36. The summed E-state index contributed by atoms with van der Waals surface area (Å²) in [6, 6.07) is -0.156. The SMILES string of the molecule is CCOC(=O)CS(=O)(=O)N1CC(C)C(N)C1. The molecule has 1 heterocycles. The Labute approximate surface area is 95.8 Å². The first kappa shape index (κ1) is 13.4. The van der Waals surface area contributed by atoms with Crippen LogP contribution < -0.4 is 5.73 Å². The minimum absolute atomic E-state index is 0.122. The molecule has 2 unspecified atom stereocenters. The van der Waals surface area contributed by atoms with Gasteiger partial charge in [0.25, 0.3) is 0 Å². The molecule has 2 N–H and O–H groups in total. The maximum atomic E-state index is 11.8. The van der Waals surface area contributed by atoms with Gasteiger partial charge < -0.3 is 10.5 Å². The highest BCUT2D eigenvalue weighted by Crippen LogP contribution is 2.18. The van der Waals surface area contributed by atoms with Gasteiger partial charge in [0.15, 0.2) is 5.75 Å². The first-order valence-electron chi connectivity index (χ1n) is 5.26. The molecule has 1 aliphatic rings. The summed E-state index contributed by atoms with van der Waals surface area (Å²) in [7, 11) is -3.57. The zero-order valence-electron chi connectivity index (χ0n) is 9.55. The van der Waals surface area contributed by atoms with E-state index in [9.17, 15) is 13.2 Å². The first-order valence-corrected chi connectivity index (χ1v) is 6.86. The smallest absolute Gasteiger partial charge is 0.322 e. The summed E-state index contributed by atoms with van der Waals surface area (Å²) in [6.07, 6.45) is 0. The Kier molecular flexibility index (Phi) is 4.28. The van der Waals surface area contributed by atoms with Gasteiger partial charge in [0.1, 0.15) is 0 Å². The second-order valence-electron chi connectivity index (χ2n) is 4.02. The molecule has 0 aromatic heterocycles. The topological polar surface area (TPSA) is 89.7 Å². The van der Waals surface area contributed by atoms with Crippen LogP contribution in [0.15, 0.2) is 0 Å². The van der Waals surface area contributed by atoms with Gasteiger partial charge in [0.05, 0.1) is 6.61 Å². The van der Waals surface area contributed by atoms with E-state index in [0.29, 0.717) is 6.54 Å². The van der Waals surface area contributed by atoms with Gasteiger partial charge >= 0.3 is 5.97 Å². The second kappa shape index (κ2) is 5.11. The number of hydrogen-bond acceptors (Lipinski definition) is 5. The van der Waals surface area contributed by atoms with Crippen LogP contribution >= 0.6 is 0 Å². The molecular weight excluding hydrogens is 232 g/mol. The predicted octanol–water partition coefficient (Wildman–Crippen LogP) is -0.842. The third kappa shape index (κ3) is 3.16. The lowest BCUT2D eigenvalue weighted by Crippen LogP contribution is -2.36. The van der Waals surface area contributed by atoms with Crippen molar-refractivity contribution >= 4 is 16.0 Å². The Morgan fingerprint density at radius 2 is 2.12 bits per heavy atom. The van der Waals surface area contributed by atoms with E-state index in [1.807, 2.05) is 6.92 Å². The molecule has 1 aliphatic heterocycles. The number of nitrogens with two attached hydrogens (primary N) is 1. The highest BCUT2D eigenvalue weighted by atomic mass is 32.2. The number of carbonyl (C=O) groups is 1. The molecule has 0 saturated carbocycles. The standard InChI is InChI=1S/C9H18N2O4S/c1-3-15-9(12)6-16(13,14)11-4-7(2)8(10)5-11/h7-8H,3-6,10H2,1-2H3. The van der Waals surface area contributed by atoms with Gasteiger partial charge in [-0.3, -0.25) is 4.79 Å². The lowest BCUT2D eigenvalue weighted by molar-refractivity contribution is -0.140. The van der Waals surface area contributed by atoms with Gasteiger partial charge in [-0.05, 0) is 12.8 Å². The minimum atomic E-state index is -3.57.